The van der Waals surface area contributed by atoms with Gasteiger partial charge >= 0.3 is 5.97 Å². The van der Waals surface area contributed by atoms with Gasteiger partial charge in [0.15, 0.2) is 0 Å². The third kappa shape index (κ3) is 4.07. The first-order chi connectivity index (χ1) is 9.38. The smallest absolute Gasteiger partial charge is 0.307 e. The van der Waals surface area contributed by atoms with Gasteiger partial charge in [-0.2, -0.15) is 0 Å². The van der Waals surface area contributed by atoms with E-state index in [2.05, 4.69) is 12.2 Å². The quantitative estimate of drug-likeness (QED) is 0.644. The van der Waals surface area contributed by atoms with Crippen LogP contribution >= 0.6 is 0 Å². The number of carboxylic acid groups (broad SMARTS) is 1. The minimum atomic E-state index is -0.802. The summed E-state index contributed by atoms with van der Waals surface area (Å²) in [5.41, 5.74) is 6.13. The molecule has 4 N–H and O–H groups in total. The molecule has 114 valence electrons. The number of rotatable bonds is 6. The van der Waals surface area contributed by atoms with Gasteiger partial charge in [0.2, 0.25) is 5.91 Å². The molecule has 0 heterocycles. The Morgan fingerprint density at radius 1 is 1.50 bits per heavy atom. The monoisotopic (exact) mass is 282 g/mol. The average molecular weight is 282 g/mol. The highest BCUT2D eigenvalue weighted by atomic mass is 16.4. The molecule has 5 atom stereocenters. The zero-order valence-electron chi connectivity index (χ0n) is 12.5. The number of unbranched alkanes of at least 4 members (excludes halogenated alkanes) is 1. The van der Waals surface area contributed by atoms with Crippen LogP contribution in [0.25, 0.3) is 0 Å². The summed E-state index contributed by atoms with van der Waals surface area (Å²) in [6.07, 6.45) is 6.44. The summed E-state index contributed by atoms with van der Waals surface area (Å²) < 4.78 is 0. The van der Waals surface area contributed by atoms with Gasteiger partial charge in [0.25, 0.3) is 0 Å². The summed E-state index contributed by atoms with van der Waals surface area (Å²) in [7, 11) is 0. The highest BCUT2D eigenvalue weighted by Gasteiger charge is 2.46. The van der Waals surface area contributed by atoms with Gasteiger partial charge in [-0.15, -0.1) is 0 Å². The van der Waals surface area contributed by atoms with Crippen LogP contribution in [0.5, 0.6) is 0 Å². The predicted octanol–water partition coefficient (Wildman–Crippen LogP) is 1.53. The zero-order chi connectivity index (χ0) is 15.3. The second-order valence-corrected chi connectivity index (χ2v) is 5.71. The van der Waals surface area contributed by atoms with Crippen molar-refractivity contribution >= 4 is 11.9 Å². The Morgan fingerprint density at radius 2 is 2.15 bits per heavy atom. The number of nitrogens with one attached hydrogen (secondary N) is 1. The van der Waals surface area contributed by atoms with Crippen molar-refractivity contribution < 1.29 is 14.7 Å². The van der Waals surface area contributed by atoms with Crippen LogP contribution < -0.4 is 11.1 Å². The molecule has 0 aromatic carbocycles. The van der Waals surface area contributed by atoms with E-state index in [1.165, 1.54) is 6.92 Å². The molecule has 20 heavy (non-hydrogen) atoms. The Balaban J connectivity index is 2.92. The minimum Gasteiger partial charge on any atom is -0.481 e. The van der Waals surface area contributed by atoms with E-state index in [9.17, 15) is 14.7 Å². The fourth-order valence-electron chi connectivity index (χ4n) is 3.23. The van der Waals surface area contributed by atoms with E-state index >= 15 is 0 Å². The lowest BCUT2D eigenvalue weighted by Crippen LogP contribution is -2.45. The summed E-state index contributed by atoms with van der Waals surface area (Å²) >= 11 is 0. The van der Waals surface area contributed by atoms with Crippen LogP contribution in [0.4, 0.5) is 0 Å². The first kappa shape index (κ1) is 16.7. The highest BCUT2D eigenvalue weighted by Crippen LogP contribution is 2.39. The molecule has 0 aromatic heterocycles. The van der Waals surface area contributed by atoms with Crippen LogP contribution in [0.1, 0.15) is 40.0 Å². The van der Waals surface area contributed by atoms with Crippen LogP contribution in [-0.4, -0.2) is 29.1 Å². The van der Waals surface area contributed by atoms with E-state index in [0.29, 0.717) is 6.42 Å². The van der Waals surface area contributed by atoms with E-state index in [-0.39, 0.29) is 29.8 Å². The van der Waals surface area contributed by atoms with Crippen molar-refractivity contribution in [2.24, 2.45) is 23.5 Å². The van der Waals surface area contributed by atoms with Crippen molar-refractivity contribution in [3.05, 3.63) is 12.2 Å². The SMILES string of the molecule is CCCC=CC1C(C(=O)O)CC(N)C1C(C)NC(C)=O. The van der Waals surface area contributed by atoms with Crippen LogP contribution in [0.3, 0.4) is 0 Å². The summed E-state index contributed by atoms with van der Waals surface area (Å²) in [5.74, 6) is -1.52. The van der Waals surface area contributed by atoms with Crippen LogP contribution in [0, 0.1) is 17.8 Å². The maximum Gasteiger partial charge on any atom is 0.307 e. The van der Waals surface area contributed by atoms with E-state index in [4.69, 9.17) is 5.73 Å². The van der Waals surface area contributed by atoms with Crippen molar-refractivity contribution in [3.63, 3.8) is 0 Å². The lowest BCUT2D eigenvalue weighted by Gasteiger charge is -2.28. The fraction of sp³-hybridized carbons (Fsp3) is 0.733. The number of amides is 1. The highest BCUT2D eigenvalue weighted by molar-refractivity contribution is 5.73. The number of carboxylic acids is 1. The molecule has 5 unspecified atom stereocenters. The van der Waals surface area contributed by atoms with Crippen molar-refractivity contribution in [3.8, 4) is 0 Å². The van der Waals surface area contributed by atoms with E-state index in [1.54, 1.807) is 0 Å². The van der Waals surface area contributed by atoms with E-state index < -0.39 is 11.9 Å². The van der Waals surface area contributed by atoms with E-state index in [0.717, 1.165) is 12.8 Å². The number of nitrogens with two attached hydrogens (primary N) is 1. The van der Waals surface area contributed by atoms with E-state index in [1.807, 2.05) is 19.1 Å². The molecular weight excluding hydrogens is 256 g/mol. The van der Waals surface area contributed by atoms with Crippen LogP contribution in [-0.2, 0) is 9.59 Å². The number of allylic oxidation sites excluding steroid dienone is 2. The molecule has 1 amide bonds. The van der Waals surface area contributed by atoms with Crippen molar-refractivity contribution in [2.75, 3.05) is 0 Å². The Kier molecular flexibility index (Phi) is 6.20. The second-order valence-electron chi connectivity index (χ2n) is 5.71. The van der Waals surface area contributed by atoms with Crippen molar-refractivity contribution in [2.45, 2.75) is 52.1 Å². The Bertz CT molecular complexity index is 381. The number of aliphatic carboxylic acids is 1. The molecule has 1 saturated carbocycles. The predicted molar refractivity (Wildman–Crippen MR) is 78.0 cm³/mol. The molecule has 0 spiro atoms. The molecule has 1 rings (SSSR count). The normalized spacial score (nSPS) is 31.4. The number of hydrogen-bond acceptors (Lipinski definition) is 3. The van der Waals surface area contributed by atoms with Gasteiger partial charge in [0.05, 0.1) is 5.92 Å². The number of carbonyl (C=O) groups excluding carboxylic acids is 1. The Labute approximate surface area is 120 Å². The van der Waals surface area contributed by atoms with Gasteiger partial charge in [-0.05, 0) is 25.7 Å². The molecule has 1 aliphatic rings. The van der Waals surface area contributed by atoms with Gasteiger partial charge in [-0.25, -0.2) is 0 Å². The van der Waals surface area contributed by atoms with Gasteiger partial charge in [0.1, 0.15) is 0 Å². The number of hydrogen-bond donors (Lipinski definition) is 3. The van der Waals surface area contributed by atoms with Crippen LogP contribution in [0.2, 0.25) is 0 Å². The summed E-state index contributed by atoms with van der Waals surface area (Å²) in [4.78, 5) is 22.6. The largest absolute Gasteiger partial charge is 0.481 e. The summed E-state index contributed by atoms with van der Waals surface area (Å²) in [5, 5.41) is 12.2. The first-order valence-electron chi connectivity index (χ1n) is 7.30. The molecule has 0 saturated heterocycles. The Hall–Kier alpha value is -1.36. The maximum atomic E-state index is 11.4. The third-order valence-corrected chi connectivity index (χ3v) is 4.07. The molecule has 5 heteroatoms. The molecule has 0 bridgehead atoms. The molecule has 1 fully saturated rings. The molecular formula is C15H26N2O3. The van der Waals surface area contributed by atoms with Gasteiger partial charge in [0, 0.05) is 24.9 Å². The number of carbonyl (C=O) groups is 2. The molecule has 0 radical (unpaired) electrons. The minimum absolute atomic E-state index is 0.0342. The Morgan fingerprint density at radius 3 is 2.65 bits per heavy atom. The zero-order valence-corrected chi connectivity index (χ0v) is 12.5. The standard InChI is InChI=1S/C15H26N2O3/c1-4-5-6-7-11-12(15(19)20)8-13(16)14(11)9(2)17-10(3)18/h6-7,9,11-14H,4-5,8,16H2,1-3H3,(H,17,18)(H,19,20). The fourth-order valence-corrected chi connectivity index (χ4v) is 3.23. The van der Waals surface area contributed by atoms with Crippen LogP contribution in [0.15, 0.2) is 12.2 Å². The van der Waals surface area contributed by atoms with Gasteiger partial charge in [-0.3, -0.25) is 9.59 Å². The molecule has 1 aliphatic carbocycles. The van der Waals surface area contributed by atoms with Gasteiger partial charge in [-0.1, -0.05) is 25.5 Å². The average Bonchev–Trinajstić information content (AvgIpc) is 2.66. The van der Waals surface area contributed by atoms with Gasteiger partial charge < -0.3 is 16.2 Å². The molecule has 0 aromatic rings. The molecule has 0 aliphatic heterocycles. The first-order valence-corrected chi connectivity index (χ1v) is 7.30. The lowest BCUT2D eigenvalue weighted by molar-refractivity contribution is -0.142. The summed E-state index contributed by atoms with van der Waals surface area (Å²) in [6, 6.07) is -0.322. The van der Waals surface area contributed by atoms with Crippen molar-refractivity contribution in [1.29, 1.82) is 0 Å². The topological polar surface area (TPSA) is 92.4 Å². The summed E-state index contributed by atoms with van der Waals surface area (Å²) in [6.45, 7) is 5.45. The maximum absolute atomic E-state index is 11.4. The van der Waals surface area contributed by atoms with Crippen molar-refractivity contribution in [1.82, 2.24) is 5.32 Å². The molecule has 5 nitrogen and oxygen atoms in total. The second kappa shape index (κ2) is 7.43. The lowest BCUT2D eigenvalue weighted by atomic mass is 9.83. The third-order valence-electron chi connectivity index (χ3n) is 4.07.